The summed E-state index contributed by atoms with van der Waals surface area (Å²) in [7, 11) is 0. The minimum absolute atomic E-state index is 0.0907. The van der Waals surface area contributed by atoms with Gasteiger partial charge >= 0.3 is 6.18 Å². The summed E-state index contributed by atoms with van der Waals surface area (Å²) < 4.78 is 38.3. The fourth-order valence-electron chi connectivity index (χ4n) is 1.39. The highest BCUT2D eigenvalue weighted by atomic mass is 19.4. The minimum Gasteiger partial charge on any atom is -0.233 e. The SMILES string of the molecule is Cc1ccc(C#N)c(-n2cc(C(F)(F)F)cn2)n1. The number of hydrogen-bond acceptors (Lipinski definition) is 3. The number of nitriles is 1. The van der Waals surface area contributed by atoms with Gasteiger partial charge in [0.15, 0.2) is 5.82 Å². The number of rotatable bonds is 1. The first-order valence-corrected chi connectivity index (χ1v) is 4.92. The molecule has 0 bridgehead atoms. The standard InChI is InChI=1S/C11H7F3N4/c1-7-2-3-8(4-15)10(17-7)18-6-9(5-16-18)11(12,13)14/h2-3,5-6H,1H3. The fraction of sp³-hybridized carbons (Fsp3) is 0.182. The van der Waals surface area contributed by atoms with Crippen molar-refractivity contribution >= 4 is 0 Å². The molecule has 0 aliphatic carbocycles. The lowest BCUT2D eigenvalue weighted by Gasteiger charge is -2.04. The summed E-state index contributed by atoms with van der Waals surface area (Å²) >= 11 is 0. The van der Waals surface area contributed by atoms with Gasteiger partial charge in [0.2, 0.25) is 0 Å². The van der Waals surface area contributed by atoms with E-state index in [-0.39, 0.29) is 11.4 Å². The Bertz CT molecular complexity index is 622. The van der Waals surface area contributed by atoms with Gasteiger partial charge in [-0.25, -0.2) is 9.67 Å². The summed E-state index contributed by atoms with van der Waals surface area (Å²) in [6, 6.07) is 4.96. The lowest BCUT2D eigenvalue weighted by molar-refractivity contribution is -0.137. The van der Waals surface area contributed by atoms with Crippen LogP contribution in [0, 0.1) is 18.3 Å². The molecular formula is C11H7F3N4. The summed E-state index contributed by atoms with van der Waals surface area (Å²) in [5, 5.41) is 12.5. The van der Waals surface area contributed by atoms with E-state index >= 15 is 0 Å². The van der Waals surface area contributed by atoms with E-state index in [1.807, 2.05) is 6.07 Å². The van der Waals surface area contributed by atoms with E-state index < -0.39 is 11.7 Å². The highest BCUT2D eigenvalue weighted by molar-refractivity contribution is 5.43. The molecule has 2 rings (SSSR count). The third-order valence-electron chi connectivity index (χ3n) is 2.26. The van der Waals surface area contributed by atoms with Crippen LogP contribution in [-0.4, -0.2) is 14.8 Å². The normalized spacial score (nSPS) is 11.3. The van der Waals surface area contributed by atoms with Crippen LogP contribution in [0.5, 0.6) is 0 Å². The highest BCUT2D eigenvalue weighted by Gasteiger charge is 2.32. The van der Waals surface area contributed by atoms with Gasteiger partial charge in [-0.15, -0.1) is 0 Å². The maximum Gasteiger partial charge on any atom is 0.419 e. The van der Waals surface area contributed by atoms with E-state index in [0.717, 1.165) is 10.9 Å². The first-order chi connectivity index (χ1) is 8.41. The van der Waals surface area contributed by atoms with E-state index in [9.17, 15) is 13.2 Å². The van der Waals surface area contributed by atoms with Crippen LogP contribution in [0.3, 0.4) is 0 Å². The quantitative estimate of drug-likeness (QED) is 0.783. The van der Waals surface area contributed by atoms with Gasteiger partial charge in [0, 0.05) is 11.9 Å². The predicted octanol–water partition coefficient (Wildman–Crippen LogP) is 2.47. The fourth-order valence-corrected chi connectivity index (χ4v) is 1.39. The van der Waals surface area contributed by atoms with E-state index in [1.165, 1.54) is 6.07 Å². The number of hydrogen-bond donors (Lipinski definition) is 0. The second-order valence-corrected chi connectivity index (χ2v) is 3.61. The number of aromatic nitrogens is 3. The van der Waals surface area contributed by atoms with Gasteiger partial charge < -0.3 is 0 Å². The van der Waals surface area contributed by atoms with Gasteiger partial charge in [-0.1, -0.05) is 0 Å². The summed E-state index contributed by atoms with van der Waals surface area (Å²) in [6.45, 7) is 1.68. The molecular weight excluding hydrogens is 245 g/mol. The molecule has 0 N–H and O–H groups in total. The molecule has 92 valence electrons. The van der Waals surface area contributed by atoms with Crippen molar-refractivity contribution in [3.63, 3.8) is 0 Å². The zero-order chi connectivity index (χ0) is 13.3. The van der Waals surface area contributed by atoms with Crippen molar-refractivity contribution in [3.8, 4) is 11.9 Å². The molecule has 2 aromatic rings. The number of alkyl halides is 3. The monoisotopic (exact) mass is 252 g/mol. The van der Waals surface area contributed by atoms with E-state index in [0.29, 0.717) is 11.9 Å². The summed E-state index contributed by atoms with van der Waals surface area (Å²) in [6.07, 6.45) is -2.96. The number of halogens is 3. The van der Waals surface area contributed by atoms with Crippen molar-refractivity contribution in [3.05, 3.63) is 41.3 Å². The van der Waals surface area contributed by atoms with Crippen molar-refractivity contribution in [2.24, 2.45) is 0 Å². The van der Waals surface area contributed by atoms with E-state index in [4.69, 9.17) is 5.26 Å². The van der Waals surface area contributed by atoms with Gasteiger partial charge in [-0.05, 0) is 19.1 Å². The Kier molecular flexibility index (Phi) is 2.79. The average Bonchev–Trinajstić information content (AvgIpc) is 2.77. The maximum atomic E-state index is 12.4. The average molecular weight is 252 g/mol. The molecule has 7 heteroatoms. The Labute approximate surface area is 100 Å². The first kappa shape index (κ1) is 12.1. The van der Waals surface area contributed by atoms with Crippen LogP contribution in [0.4, 0.5) is 13.2 Å². The van der Waals surface area contributed by atoms with Crippen molar-refractivity contribution in [2.45, 2.75) is 13.1 Å². The molecule has 0 amide bonds. The molecule has 0 saturated heterocycles. The highest BCUT2D eigenvalue weighted by Crippen LogP contribution is 2.29. The Morgan fingerprint density at radius 3 is 2.61 bits per heavy atom. The largest absolute Gasteiger partial charge is 0.419 e. The molecule has 0 atom stereocenters. The lowest BCUT2D eigenvalue weighted by Crippen LogP contribution is -2.04. The van der Waals surface area contributed by atoms with Crippen molar-refractivity contribution in [1.29, 1.82) is 5.26 Å². The van der Waals surface area contributed by atoms with Crippen LogP contribution in [0.25, 0.3) is 5.82 Å². The first-order valence-electron chi connectivity index (χ1n) is 4.92. The molecule has 18 heavy (non-hydrogen) atoms. The maximum absolute atomic E-state index is 12.4. The molecule has 0 aliphatic heterocycles. The van der Waals surface area contributed by atoms with Gasteiger partial charge in [0.1, 0.15) is 6.07 Å². The molecule has 0 fully saturated rings. The van der Waals surface area contributed by atoms with E-state index in [1.54, 1.807) is 13.0 Å². The Morgan fingerprint density at radius 1 is 1.33 bits per heavy atom. The smallest absolute Gasteiger partial charge is 0.233 e. The third kappa shape index (κ3) is 2.18. The molecule has 0 spiro atoms. The number of aryl methyl sites for hydroxylation is 1. The molecule has 0 unspecified atom stereocenters. The summed E-state index contributed by atoms with van der Waals surface area (Å²) in [5.74, 6) is 0.0907. The van der Waals surface area contributed by atoms with Crippen LogP contribution in [0.15, 0.2) is 24.5 Å². The molecule has 0 aliphatic rings. The van der Waals surface area contributed by atoms with Gasteiger partial charge in [0.05, 0.1) is 17.3 Å². The second kappa shape index (κ2) is 4.14. The minimum atomic E-state index is -4.46. The molecule has 4 nitrogen and oxygen atoms in total. The lowest BCUT2D eigenvalue weighted by atomic mass is 10.2. The third-order valence-corrected chi connectivity index (χ3v) is 2.26. The molecule has 2 heterocycles. The van der Waals surface area contributed by atoms with Crippen LogP contribution < -0.4 is 0 Å². The van der Waals surface area contributed by atoms with Crippen molar-refractivity contribution in [2.75, 3.05) is 0 Å². The molecule has 2 aromatic heterocycles. The predicted molar refractivity (Wildman–Crippen MR) is 55.8 cm³/mol. The zero-order valence-electron chi connectivity index (χ0n) is 9.23. The van der Waals surface area contributed by atoms with Crippen LogP contribution in [-0.2, 0) is 6.18 Å². The van der Waals surface area contributed by atoms with Gasteiger partial charge in [-0.2, -0.15) is 23.5 Å². The van der Waals surface area contributed by atoms with E-state index in [2.05, 4.69) is 10.1 Å². The second-order valence-electron chi connectivity index (χ2n) is 3.61. The Hall–Kier alpha value is -2.36. The van der Waals surface area contributed by atoms with Crippen LogP contribution in [0.2, 0.25) is 0 Å². The van der Waals surface area contributed by atoms with Gasteiger partial charge in [-0.3, -0.25) is 0 Å². The Morgan fingerprint density at radius 2 is 2.06 bits per heavy atom. The zero-order valence-corrected chi connectivity index (χ0v) is 9.23. The van der Waals surface area contributed by atoms with Gasteiger partial charge in [0.25, 0.3) is 0 Å². The molecule has 0 saturated carbocycles. The van der Waals surface area contributed by atoms with Crippen molar-refractivity contribution in [1.82, 2.24) is 14.8 Å². The molecule has 0 aromatic carbocycles. The van der Waals surface area contributed by atoms with Crippen molar-refractivity contribution < 1.29 is 13.2 Å². The number of pyridine rings is 1. The number of nitrogens with zero attached hydrogens (tertiary/aromatic N) is 4. The Balaban J connectivity index is 2.53. The summed E-state index contributed by atoms with van der Waals surface area (Å²) in [4.78, 5) is 4.02. The molecule has 0 radical (unpaired) electrons. The van der Waals surface area contributed by atoms with Crippen LogP contribution >= 0.6 is 0 Å². The van der Waals surface area contributed by atoms with Crippen LogP contribution in [0.1, 0.15) is 16.8 Å². The topological polar surface area (TPSA) is 54.5 Å². The summed E-state index contributed by atoms with van der Waals surface area (Å²) in [5.41, 5.74) is -0.125.